The minimum atomic E-state index is -1.97. The second-order valence-electron chi connectivity index (χ2n) is 34.4. The third kappa shape index (κ3) is 56.6. The highest BCUT2D eigenvalue weighted by molar-refractivity contribution is 5.78. The molecule has 21 heteroatoms. The third-order valence-electron chi connectivity index (χ3n) is 23.4. The van der Waals surface area contributed by atoms with E-state index >= 15 is 0 Å². The predicted molar refractivity (Wildman–Crippen MR) is 459 cm³/mol. The zero-order valence-electron chi connectivity index (χ0n) is 74.2. The third-order valence-corrected chi connectivity index (χ3v) is 23.4. The van der Waals surface area contributed by atoms with Gasteiger partial charge >= 0.3 is 23.9 Å². The number of unbranched alkanes of at least 4 members (excludes halogenated alkanes) is 50. The van der Waals surface area contributed by atoms with Crippen molar-refractivity contribution in [3.05, 3.63) is 0 Å². The van der Waals surface area contributed by atoms with Gasteiger partial charge in [-0.1, -0.05) is 375 Å². The van der Waals surface area contributed by atoms with Crippen LogP contribution >= 0.6 is 0 Å². The Morgan fingerprint density at radius 3 is 0.974 bits per heavy atom. The van der Waals surface area contributed by atoms with E-state index in [9.17, 15) is 59.4 Å². The molecule has 0 spiro atoms. The van der Waals surface area contributed by atoms with Crippen LogP contribution in [-0.2, 0) is 61.9 Å². The molecule has 2 aliphatic heterocycles. The summed E-state index contributed by atoms with van der Waals surface area (Å²) in [5.74, 6) is -4.03. The molecule has 0 saturated carbocycles. The van der Waals surface area contributed by atoms with Crippen LogP contribution in [0.1, 0.15) is 465 Å². The minimum absolute atomic E-state index is 0.181. The van der Waals surface area contributed by atoms with Crippen LogP contribution in [0, 0.1) is 0 Å². The molecule has 2 fully saturated rings. The maximum Gasteiger partial charge on any atom is 0.310 e. The van der Waals surface area contributed by atoms with Crippen LogP contribution in [0.2, 0.25) is 0 Å². The number of carbonyl (C=O) groups is 6. The predicted octanol–water partition coefficient (Wildman–Crippen LogP) is 20.4. The van der Waals surface area contributed by atoms with Crippen molar-refractivity contribution in [2.24, 2.45) is 0 Å². The lowest BCUT2D eigenvalue weighted by Gasteiger charge is -2.45. The summed E-state index contributed by atoms with van der Waals surface area (Å²) in [6.45, 7) is 11.7. The largest absolute Gasteiger partial charge is 0.462 e. The Hall–Kier alpha value is -3.54. The Morgan fingerprint density at radius 2 is 0.609 bits per heavy atom. The van der Waals surface area contributed by atoms with Crippen molar-refractivity contribution in [1.82, 2.24) is 10.6 Å². The van der Waals surface area contributed by atoms with Gasteiger partial charge in [-0.25, -0.2) is 0 Å². The first kappa shape index (κ1) is 108. The smallest absolute Gasteiger partial charge is 0.310 e. The molecule has 8 N–H and O–H groups in total. The van der Waals surface area contributed by atoms with Gasteiger partial charge in [-0.15, -0.1) is 0 Å². The van der Waals surface area contributed by atoms with E-state index in [1.165, 1.54) is 161 Å². The summed E-state index contributed by atoms with van der Waals surface area (Å²) in [6, 6.07) is -3.16. The van der Waals surface area contributed by atoms with Gasteiger partial charge in [0.2, 0.25) is 11.8 Å². The van der Waals surface area contributed by atoms with E-state index < -0.39 is 147 Å². The highest BCUT2D eigenvalue weighted by Crippen LogP contribution is 2.31. The minimum Gasteiger partial charge on any atom is -0.462 e. The van der Waals surface area contributed by atoms with Gasteiger partial charge < -0.3 is 74.4 Å². The van der Waals surface area contributed by atoms with Crippen LogP contribution in [0.4, 0.5) is 0 Å². The van der Waals surface area contributed by atoms with Gasteiger partial charge in [0.05, 0.1) is 51.1 Å². The standard InChI is InChI=1S/C94H176N2O19/c1-7-13-19-25-31-37-38-44-50-56-62-68-84(103)111-78(66-60-54-48-42-35-29-23-17-11-5)72-86(105)115-92-88(96-82(101)71-77(65-59-53-47-41-34-28-22-16-10-4)110-83(102)67-61-55-49-43-36-30-24-18-12-6)94(113-79(73-97)89(92)106)109-74-80-90(107)91(114-85(104)70-76(99)64-58-52-46-40-33-27-21-15-9-3)87(93(108)112-80)95-81(100)69-75(98)63-57-51-45-39-32-26-20-14-8-2/h75-80,87-94,97-99,106-108H,7-74H2,1-6H3,(H,95,100)(H,96,101)/t75-,76-,77-,78-,79-,80-,87-,88-,89-,90-,91-,92-,93+,94-/m1/s1. The van der Waals surface area contributed by atoms with E-state index in [0.29, 0.717) is 64.2 Å². The van der Waals surface area contributed by atoms with E-state index in [4.69, 9.17) is 33.2 Å². The topological polar surface area (TPSA) is 312 Å². The maximum atomic E-state index is 14.9. The van der Waals surface area contributed by atoms with E-state index in [1.54, 1.807) is 0 Å². The molecule has 2 rings (SSSR count). The highest BCUT2D eigenvalue weighted by atomic mass is 16.7. The summed E-state index contributed by atoms with van der Waals surface area (Å²) < 4.78 is 43.2. The molecular weight excluding hydrogens is 1460 g/mol. The van der Waals surface area contributed by atoms with E-state index in [-0.39, 0.29) is 25.7 Å². The molecule has 0 aromatic rings. The van der Waals surface area contributed by atoms with E-state index in [0.717, 1.165) is 161 Å². The van der Waals surface area contributed by atoms with Gasteiger partial charge in [0, 0.05) is 12.8 Å². The zero-order chi connectivity index (χ0) is 84.0. The molecule has 2 saturated heterocycles. The molecule has 0 aromatic carbocycles. The molecule has 2 aliphatic rings. The SMILES string of the molecule is CCCCCCCCCCCCCC(=O)O[C@H](CCCCCCCCCCC)CC(=O)O[C@H]1[C@H](O)[C@@H](CO)O[C@@H](OC[C@H]2O[C@H](O)[C@H](NC(=O)C[C@H](O)CCCCCCCCCCC)[C@@H](OC(=O)C[C@H](O)CCCCCCCCCCC)[C@@H]2O)[C@@H]1NC(=O)C[C@@H](CCCCCCCCCCC)OC(=O)CCCCCCCCCCC. The van der Waals surface area contributed by atoms with Crippen LogP contribution in [-0.4, -0.2) is 165 Å². The quantitative estimate of drug-likeness (QED) is 0.0159. The summed E-state index contributed by atoms with van der Waals surface area (Å²) in [4.78, 5) is 84.8. The number of hydrogen-bond donors (Lipinski definition) is 8. The zero-order valence-corrected chi connectivity index (χ0v) is 74.2. The number of nitrogens with one attached hydrogen (secondary N) is 2. The van der Waals surface area contributed by atoms with Gasteiger partial charge in [0.1, 0.15) is 48.7 Å². The maximum absolute atomic E-state index is 14.9. The van der Waals surface area contributed by atoms with Crippen LogP contribution in [0.15, 0.2) is 0 Å². The van der Waals surface area contributed by atoms with Crippen molar-refractivity contribution in [2.75, 3.05) is 13.2 Å². The second-order valence-corrected chi connectivity index (χ2v) is 34.4. The van der Waals surface area contributed by atoms with Crippen LogP contribution < -0.4 is 10.6 Å². The normalized spacial score (nSPS) is 20.7. The Balaban J connectivity index is 2.61. The molecule has 0 radical (unpaired) electrons. The molecule has 676 valence electrons. The number of aliphatic hydroxyl groups excluding tert-OH is 6. The van der Waals surface area contributed by atoms with Crippen LogP contribution in [0.3, 0.4) is 0 Å². The first-order valence-corrected chi connectivity index (χ1v) is 48.2. The monoisotopic (exact) mass is 1640 g/mol. The molecule has 2 amide bonds. The lowest BCUT2D eigenvalue weighted by atomic mass is 9.95. The summed E-state index contributed by atoms with van der Waals surface area (Å²) in [5.41, 5.74) is 0. The average molecular weight is 1640 g/mol. The number of hydrogen-bond acceptors (Lipinski definition) is 19. The Morgan fingerprint density at radius 1 is 0.322 bits per heavy atom. The molecule has 14 atom stereocenters. The molecule has 115 heavy (non-hydrogen) atoms. The van der Waals surface area contributed by atoms with Crippen molar-refractivity contribution < 1.29 is 92.6 Å². The Bertz CT molecular complexity index is 2320. The van der Waals surface area contributed by atoms with Crippen molar-refractivity contribution >= 4 is 35.7 Å². The van der Waals surface area contributed by atoms with Crippen LogP contribution in [0.25, 0.3) is 0 Å². The fourth-order valence-corrected chi connectivity index (χ4v) is 16.1. The fraction of sp³-hybridized carbons (Fsp3) is 0.936. The first-order chi connectivity index (χ1) is 55.9. The lowest BCUT2D eigenvalue weighted by molar-refractivity contribution is -0.300. The summed E-state index contributed by atoms with van der Waals surface area (Å²) >= 11 is 0. The van der Waals surface area contributed by atoms with Crippen molar-refractivity contribution in [3.8, 4) is 0 Å². The van der Waals surface area contributed by atoms with Crippen molar-refractivity contribution in [3.63, 3.8) is 0 Å². The Labute approximate surface area is 699 Å². The van der Waals surface area contributed by atoms with Gasteiger partial charge in [0.15, 0.2) is 24.8 Å². The van der Waals surface area contributed by atoms with Gasteiger partial charge in [-0.2, -0.15) is 0 Å². The van der Waals surface area contributed by atoms with E-state index in [2.05, 4.69) is 52.2 Å². The number of esters is 4. The number of aliphatic hydroxyl groups is 6. The Kier molecular flexibility index (Phi) is 69.5. The molecule has 2 heterocycles. The molecule has 0 bridgehead atoms. The molecule has 0 aliphatic carbocycles. The summed E-state index contributed by atoms with van der Waals surface area (Å²) in [6.07, 6.45) is 42.5. The van der Waals surface area contributed by atoms with Crippen LogP contribution in [0.5, 0.6) is 0 Å². The molecular formula is C94H176N2O19. The van der Waals surface area contributed by atoms with Gasteiger partial charge in [-0.05, 0) is 51.4 Å². The summed E-state index contributed by atoms with van der Waals surface area (Å²) in [5, 5.41) is 75.2. The molecule has 21 nitrogen and oxygen atoms in total. The van der Waals surface area contributed by atoms with Gasteiger partial charge in [-0.3, -0.25) is 28.8 Å². The van der Waals surface area contributed by atoms with E-state index in [1.807, 2.05) is 0 Å². The lowest BCUT2D eigenvalue weighted by Crippen LogP contribution is -2.67. The average Bonchev–Trinajstić information content (AvgIpc) is 0.791. The van der Waals surface area contributed by atoms with Crippen molar-refractivity contribution in [2.45, 2.75) is 551 Å². The fourth-order valence-electron chi connectivity index (χ4n) is 16.1. The van der Waals surface area contributed by atoms with Crippen molar-refractivity contribution in [1.29, 1.82) is 0 Å². The molecule has 0 aromatic heterocycles. The highest BCUT2D eigenvalue weighted by Gasteiger charge is 2.52. The number of amides is 2. The number of rotatable bonds is 80. The van der Waals surface area contributed by atoms with Gasteiger partial charge in [0.25, 0.3) is 0 Å². The number of carbonyl (C=O) groups excluding carboxylic acids is 6. The number of ether oxygens (including phenoxy) is 7. The first-order valence-electron chi connectivity index (χ1n) is 48.2. The molecule has 0 unspecified atom stereocenters. The second kappa shape index (κ2) is 74.3. The summed E-state index contributed by atoms with van der Waals surface area (Å²) in [7, 11) is 0.